The minimum absolute atomic E-state index is 0.121. The van der Waals surface area contributed by atoms with Gasteiger partial charge in [0.1, 0.15) is 11.3 Å². The van der Waals surface area contributed by atoms with Gasteiger partial charge in [0.05, 0.1) is 18.5 Å². The molecular weight excluding hydrogens is 232 g/mol. The van der Waals surface area contributed by atoms with Gasteiger partial charge in [0.15, 0.2) is 5.76 Å². The highest BCUT2D eigenvalue weighted by atomic mass is 16.5. The number of carbonyl (C=O) groups is 1. The number of aromatic nitrogens is 1. The molecule has 96 valence electrons. The molecule has 2 heterocycles. The van der Waals surface area contributed by atoms with Crippen molar-refractivity contribution in [3.63, 3.8) is 0 Å². The molecule has 0 bridgehead atoms. The van der Waals surface area contributed by atoms with Crippen molar-refractivity contribution in [1.29, 1.82) is 0 Å². The second-order valence-corrected chi connectivity index (χ2v) is 4.42. The number of carbonyl (C=O) groups excluding carboxylic acids is 1. The summed E-state index contributed by atoms with van der Waals surface area (Å²) in [7, 11) is 0. The molecule has 2 rings (SSSR count). The molecule has 0 spiro atoms. The van der Waals surface area contributed by atoms with E-state index in [2.05, 4.69) is 10.5 Å². The first kappa shape index (κ1) is 12.4. The standard InChI is InChI=1S/C13H16N2O3/c1-8(2)12-11(9(3)15-18-12)13(16)14-7-10-5-4-6-17-10/h4-6,8H,7H2,1-3H3,(H,14,16). The Balaban J connectivity index is 2.11. The van der Waals surface area contributed by atoms with Gasteiger partial charge in [-0.3, -0.25) is 4.79 Å². The van der Waals surface area contributed by atoms with Crippen LogP contribution >= 0.6 is 0 Å². The fourth-order valence-corrected chi connectivity index (χ4v) is 1.73. The van der Waals surface area contributed by atoms with Gasteiger partial charge < -0.3 is 14.3 Å². The average molecular weight is 248 g/mol. The fraction of sp³-hybridized carbons (Fsp3) is 0.385. The van der Waals surface area contributed by atoms with Crippen LogP contribution in [0.4, 0.5) is 0 Å². The summed E-state index contributed by atoms with van der Waals surface area (Å²) in [6, 6.07) is 3.59. The van der Waals surface area contributed by atoms with E-state index in [1.54, 1.807) is 19.3 Å². The van der Waals surface area contributed by atoms with E-state index in [0.29, 0.717) is 29.3 Å². The molecule has 5 heteroatoms. The van der Waals surface area contributed by atoms with Gasteiger partial charge in [0, 0.05) is 5.92 Å². The van der Waals surface area contributed by atoms with E-state index in [1.807, 2.05) is 19.9 Å². The number of rotatable bonds is 4. The van der Waals surface area contributed by atoms with E-state index in [1.165, 1.54) is 0 Å². The smallest absolute Gasteiger partial charge is 0.257 e. The molecule has 0 aliphatic heterocycles. The highest BCUT2D eigenvalue weighted by molar-refractivity contribution is 5.96. The number of furan rings is 1. The van der Waals surface area contributed by atoms with Crippen LogP contribution in [0.15, 0.2) is 27.3 Å². The SMILES string of the molecule is Cc1noc(C(C)C)c1C(=O)NCc1ccco1. The average Bonchev–Trinajstić information content (AvgIpc) is 2.94. The topological polar surface area (TPSA) is 68.3 Å². The van der Waals surface area contributed by atoms with Crippen LogP contribution < -0.4 is 5.32 Å². The Labute approximate surface area is 105 Å². The Morgan fingerprint density at radius 1 is 1.50 bits per heavy atom. The highest BCUT2D eigenvalue weighted by Crippen LogP contribution is 2.22. The monoisotopic (exact) mass is 248 g/mol. The van der Waals surface area contributed by atoms with Crippen molar-refractivity contribution in [3.8, 4) is 0 Å². The Morgan fingerprint density at radius 3 is 2.89 bits per heavy atom. The molecule has 0 saturated heterocycles. The van der Waals surface area contributed by atoms with Gasteiger partial charge in [-0.15, -0.1) is 0 Å². The zero-order valence-electron chi connectivity index (χ0n) is 10.7. The summed E-state index contributed by atoms with van der Waals surface area (Å²) < 4.78 is 10.3. The Kier molecular flexibility index (Phi) is 3.50. The molecule has 2 aromatic heterocycles. The molecule has 1 N–H and O–H groups in total. The summed E-state index contributed by atoms with van der Waals surface area (Å²) in [6.45, 7) is 6.04. The molecule has 0 radical (unpaired) electrons. The fourth-order valence-electron chi connectivity index (χ4n) is 1.73. The molecule has 18 heavy (non-hydrogen) atoms. The zero-order valence-corrected chi connectivity index (χ0v) is 10.7. The van der Waals surface area contributed by atoms with E-state index in [0.717, 1.165) is 0 Å². The number of aryl methyl sites for hydroxylation is 1. The molecule has 0 unspecified atom stereocenters. The van der Waals surface area contributed by atoms with Crippen molar-refractivity contribution in [3.05, 3.63) is 41.2 Å². The Morgan fingerprint density at radius 2 is 2.28 bits per heavy atom. The van der Waals surface area contributed by atoms with Crippen LogP contribution in [0.2, 0.25) is 0 Å². The maximum Gasteiger partial charge on any atom is 0.257 e. The first-order valence-corrected chi connectivity index (χ1v) is 5.86. The molecule has 0 atom stereocenters. The van der Waals surface area contributed by atoms with Gasteiger partial charge >= 0.3 is 0 Å². The van der Waals surface area contributed by atoms with E-state index >= 15 is 0 Å². The minimum Gasteiger partial charge on any atom is -0.467 e. The Hall–Kier alpha value is -2.04. The number of nitrogens with one attached hydrogen (secondary N) is 1. The normalized spacial score (nSPS) is 10.9. The van der Waals surface area contributed by atoms with Crippen molar-refractivity contribution in [1.82, 2.24) is 10.5 Å². The number of hydrogen-bond donors (Lipinski definition) is 1. The summed E-state index contributed by atoms with van der Waals surface area (Å²) in [5.41, 5.74) is 1.13. The van der Waals surface area contributed by atoms with E-state index < -0.39 is 0 Å². The van der Waals surface area contributed by atoms with Crippen LogP contribution in [0, 0.1) is 6.92 Å². The van der Waals surface area contributed by atoms with Crippen LogP contribution in [0.3, 0.4) is 0 Å². The second-order valence-electron chi connectivity index (χ2n) is 4.42. The highest BCUT2D eigenvalue weighted by Gasteiger charge is 2.22. The number of amides is 1. The van der Waals surface area contributed by atoms with Crippen molar-refractivity contribution in [2.24, 2.45) is 0 Å². The lowest BCUT2D eigenvalue weighted by Gasteiger charge is -2.05. The van der Waals surface area contributed by atoms with Crippen LogP contribution in [-0.4, -0.2) is 11.1 Å². The van der Waals surface area contributed by atoms with Crippen molar-refractivity contribution < 1.29 is 13.7 Å². The molecule has 0 fully saturated rings. The lowest BCUT2D eigenvalue weighted by Crippen LogP contribution is -2.24. The summed E-state index contributed by atoms with van der Waals surface area (Å²) in [5, 5.41) is 6.64. The third kappa shape index (κ3) is 2.45. The maximum absolute atomic E-state index is 12.1. The first-order chi connectivity index (χ1) is 8.59. The molecule has 1 amide bonds. The summed E-state index contributed by atoms with van der Waals surface area (Å²) in [6.07, 6.45) is 1.58. The third-order valence-electron chi connectivity index (χ3n) is 2.64. The van der Waals surface area contributed by atoms with Gasteiger partial charge in [0.2, 0.25) is 0 Å². The number of hydrogen-bond acceptors (Lipinski definition) is 4. The molecule has 0 aliphatic carbocycles. The van der Waals surface area contributed by atoms with Crippen LogP contribution in [0.1, 0.15) is 47.3 Å². The van der Waals surface area contributed by atoms with Crippen LogP contribution in [0.25, 0.3) is 0 Å². The summed E-state index contributed by atoms with van der Waals surface area (Å²) in [4.78, 5) is 12.1. The lowest BCUT2D eigenvalue weighted by molar-refractivity contribution is 0.0945. The van der Waals surface area contributed by atoms with Gasteiger partial charge in [-0.1, -0.05) is 19.0 Å². The first-order valence-electron chi connectivity index (χ1n) is 5.86. The summed E-state index contributed by atoms with van der Waals surface area (Å²) >= 11 is 0. The maximum atomic E-state index is 12.1. The molecule has 0 aromatic carbocycles. The molecule has 0 saturated carbocycles. The third-order valence-corrected chi connectivity index (χ3v) is 2.64. The van der Waals surface area contributed by atoms with Crippen molar-refractivity contribution in [2.45, 2.75) is 33.2 Å². The van der Waals surface area contributed by atoms with Crippen LogP contribution in [0.5, 0.6) is 0 Å². The zero-order chi connectivity index (χ0) is 13.1. The van der Waals surface area contributed by atoms with Crippen molar-refractivity contribution >= 4 is 5.91 Å². The second kappa shape index (κ2) is 5.08. The van der Waals surface area contributed by atoms with Gasteiger partial charge in [0.25, 0.3) is 5.91 Å². The van der Waals surface area contributed by atoms with E-state index in [-0.39, 0.29) is 11.8 Å². The predicted octanol–water partition coefficient (Wildman–Crippen LogP) is 2.63. The van der Waals surface area contributed by atoms with Crippen LogP contribution in [-0.2, 0) is 6.54 Å². The molecule has 5 nitrogen and oxygen atoms in total. The van der Waals surface area contributed by atoms with Gasteiger partial charge in [-0.2, -0.15) is 0 Å². The molecule has 2 aromatic rings. The largest absolute Gasteiger partial charge is 0.467 e. The van der Waals surface area contributed by atoms with Crippen molar-refractivity contribution in [2.75, 3.05) is 0 Å². The number of nitrogens with zero attached hydrogens (tertiary/aromatic N) is 1. The Bertz CT molecular complexity index is 526. The molecular formula is C13H16N2O3. The predicted molar refractivity (Wildman–Crippen MR) is 65.2 cm³/mol. The lowest BCUT2D eigenvalue weighted by atomic mass is 10.0. The van der Waals surface area contributed by atoms with Gasteiger partial charge in [-0.05, 0) is 19.1 Å². The summed E-state index contributed by atoms with van der Waals surface area (Å²) in [5.74, 6) is 1.26. The minimum atomic E-state index is -0.186. The van der Waals surface area contributed by atoms with E-state index in [4.69, 9.17) is 8.94 Å². The van der Waals surface area contributed by atoms with Gasteiger partial charge in [-0.25, -0.2) is 0 Å². The molecule has 0 aliphatic rings. The van der Waals surface area contributed by atoms with E-state index in [9.17, 15) is 4.79 Å². The quantitative estimate of drug-likeness (QED) is 0.903.